The number of esters is 2. The van der Waals surface area contributed by atoms with Crippen LogP contribution in [0.5, 0.6) is 0 Å². The van der Waals surface area contributed by atoms with E-state index < -0.39 is 76.0 Å². The first-order valence-corrected chi connectivity index (χ1v) is 13.5. The van der Waals surface area contributed by atoms with E-state index in [-0.39, 0.29) is 68.2 Å². The maximum absolute atomic E-state index is 14.4. The van der Waals surface area contributed by atoms with Crippen LogP contribution in [-0.2, 0) is 23.8 Å². The van der Waals surface area contributed by atoms with Crippen LogP contribution in [-0.4, -0.2) is 75.3 Å². The summed E-state index contributed by atoms with van der Waals surface area (Å²) in [6.07, 6.45) is -4.70. The Balaban J connectivity index is 0.00000370. The van der Waals surface area contributed by atoms with Crippen molar-refractivity contribution in [2.75, 3.05) is 6.61 Å². The van der Waals surface area contributed by atoms with E-state index in [2.05, 4.69) is 0 Å². The molecule has 1 aromatic carbocycles. The van der Waals surface area contributed by atoms with E-state index in [1.165, 1.54) is 6.92 Å². The van der Waals surface area contributed by atoms with Crippen molar-refractivity contribution in [3.05, 3.63) is 47.0 Å². The second-order valence-electron chi connectivity index (χ2n) is 12.6. The van der Waals surface area contributed by atoms with Crippen molar-refractivity contribution in [1.29, 1.82) is 0 Å². The molecule has 9 nitrogen and oxygen atoms in total. The van der Waals surface area contributed by atoms with E-state index in [9.17, 15) is 29.7 Å². The summed E-state index contributed by atoms with van der Waals surface area (Å²) in [5.74, 6) is -3.34. The number of carbonyl (C=O) groups is 3. The summed E-state index contributed by atoms with van der Waals surface area (Å²) in [4.78, 5) is 40.6. The summed E-state index contributed by atoms with van der Waals surface area (Å²) in [6, 6.07) is 8.29. The summed E-state index contributed by atoms with van der Waals surface area (Å²) >= 11 is 0. The van der Waals surface area contributed by atoms with Gasteiger partial charge in [0, 0.05) is 68.2 Å². The van der Waals surface area contributed by atoms with E-state index in [0.717, 1.165) is 0 Å². The Morgan fingerprint density at radius 2 is 1.73 bits per heavy atom. The monoisotopic (exact) mass is 769 g/mol. The van der Waals surface area contributed by atoms with Gasteiger partial charge >= 0.3 is 11.9 Å². The van der Waals surface area contributed by atoms with Gasteiger partial charge < -0.3 is 29.5 Å². The molecule has 1 saturated heterocycles. The molecule has 3 aliphatic carbocycles. The number of rotatable bonds is 3. The number of carbonyl (C=O) groups excluding carboxylic acids is 3. The smallest absolute Gasteiger partial charge is 0.338 e. The third-order valence-electron chi connectivity index (χ3n) is 10.4. The molecule has 2 saturated carbocycles. The third-order valence-corrected chi connectivity index (χ3v) is 10.4. The van der Waals surface area contributed by atoms with Gasteiger partial charge in [0.15, 0.2) is 11.4 Å². The fraction of sp³-hybridized carbons (Fsp3) is 0.633. The van der Waals surface area contributed by atoms with Crippen LogP contribution < -0.4 is 0 Å². The van der Waals surface area contributed by atoms with Gasteiger partial charge in [-0.2, -0.15) is 0 Å². The van der Waals surface area contributed by atoms with Crippen LogP contribution >= 0.6 is 0 Å². The van der Waals surface area contributed by atoms with Crippen LogP contribution in [0.4, 0.5) is 0 Å². The molecule has 3 fully saturated rings. The molecule has 0 aromatic heterocycles. The molecule has 9 atom stereocenters. The van der Waals surface area contributed by atoms with Crippen molar-refractivity contribution < 1.29 is 88.0 Å². The van der Waals surface area contributed by atoms with Gasteiger partial charge in [0.2, 0.25) is 0 Å². The van der Waals surface area contributed by atoms with Crippen LogP contribution in [0.25, 0.3) is 0 Å². The van der Waals surface area contributed by atoms with Crippen LogP contribution in [0.15, 0.2) is 41.5 Å². The van der Waals surface area contributed by atoms with E-state index in [1.807, 2.05) is 6.92 Å². The standard InChI is InChI=1S/C30H38O9.Ac/c1-15-12-20-29(14-37-20,39-17(3)31)23-25(38-26(35)18-10-8-7-9-11-18)30(36)13-19(32)16(2)21(27(30,4)5)22(33)24(34)28(15,23)6;/h7-11,15,19-20,22-23,25,32-33,36H,12-14H2,1-6H3;/t15-,19-,20+,22+,23?,25-,28+,29-,30+;/m0./s1. The average Bonchev–Trinajstić information content (AvgIpc) is 2.87. The zero-order valence-electron chi connectivity index (χ0n) is 23.8. The second-order valence-corrected chi connectivity index (χ2v) is 12.6. The molecule has 4 aliphatic rings. The fourth-order valence-electron chi connectivity index (χ4n) is 7.96. The molecule has 0 spiro atoms. The van der Waals surface area contributed by atoms with Crippen LogP contribution in [0.3, 0.4) is 0 Å². The Hall–Kier alpha value is -1.15. The second kappa shape index (κ2) is 10.5. The summed E-state index contributed by atoms with van der Waals surface area (Å²) in [7, 11) is 0. The van der Waals surface area contributed by atoms with E-state index >= 15 is 0 Å². The van der Waals surface area contributed by atoms with Crippen LogP contribution in [0.1, 0.15) is 64.7 Å². The Kier molecular flexibility index (Phi) is 8.37. The zero-order valence-corrected chi connectivity index (χ0v) is 28.6. The molecule has 1 unspecified atom stereocenters. The van der Waals surface area contributed by atoms with Crippen molar-refractivity contribution in [2.45, 2.75) is 90.0 Å². The summed E-state index contributed by atoms with van der Waals surface area (Å²) < 4.78 is 18.1. The van der Waals surface area contributed by atoms with Gasteiger partial charge in [0.1, 0.15) is 23.9 Å². The predicted octanol–water partition coefficient (Wildman–Crippen LogP) is 2.36. The average molecular weight is 770 g/mol. The molecule has 1 heterocycles. The molecular weight excluding hydrogens is 731 g/mol. The Morgan fingerprint density at radius 1 is 1.10 bits per heavy atom. The van der Waals surface area contributed by atoms with Gasteiger partial charge in [-0.3, -0.25) is 9.59 Å². The maximum atomic E-state index is 14.4. The first kappa shape index (κ1) is 31.8. The maximum Gasteiger partial charge on any atom is 0.338 e. The number of benzene rings is 1. The number of fused-ring (bicyclic) bond motifs is 5. The van der Waals surface area contributed by atoms with E-state index in [0.29, 0.717) is 12.0 Å². The van der Waals surface area contributed by atoms with Crippen molar-refractivity contribution in [1.82, 2.24) is 0 Å². The number of Topliss-reactive ketones (excluding diaryl/α,β-unsaturated/α-hetero) is 1. The Morgan fingerprint density at radius 3 is 2.27 bits per heavy atom. The minimum Gasteiger partial charge on any atom is -0.455 e. The van der Waals surface area contributed by atoms with Gasteiger partial charge in [-0.25, -0.2) is 4.79 Å². The molecule has 3 N–H and O–H groups in total. The number of aliphatic hydroxyl groups excluding tert-OH is 2. The summed E-state index contributed by atoms with van der Waals surface area (Å²) in [6.45, 7) is 9.76. The van der Waals surface area contributed by atoms with Crippen molar-refractivity contribution in [3.8, 4) is 0 Å². The molecule has 215 valence electrons. The van der Waals surface area contributed by atoms with Crippen molar-refractivity contribution >= 4 is 17.7 Å². The minimum atomic E-state index is -1.95. The molecule has 1 aliphatic heterocycles. The third kappa shape index (κ3) is 4.23. The van der Waals surface area contributed by atoms with Gasteiger partial charge in [-0.05, 0) is 42.5 Å². The molecule has 40 heavy (non-hydrogen) atoms. The minimum absolute atomic E-state index is 0. The molecule has 10 heteroatoms. The normalized spacial score (nSPS) is 41.7. The molecule has 1 radical (unpaired) electrons. The van der Waals surface area contributed by atoms with Crippen LogP contribution in [0, 0.1) is 66.7 Å². The van der Waals surface area contributed by atoms with Gasteiger partial charge in [0.05, 0.1) is 24.2 Å². The predicted molar refractivity (Wildman–Crippen MR) is 138 cm³/mol. The molecule has 2 bridgehead atoms. The zero-order chi connectivity index (χ0) is 28.7. The largest absolute Gasteiger partial charge is 0.455 e. The van der Waals surface area contributed by atoms with Gasteiger partial charge in [-0.15, -0.1) is 0 Å². The molecule has 0 amide bonds. The quantitative estimate of drug-likeness (QED) is 0.313. The van der Waals surface area contributed by atoms with E-state index in [4.69, 9.17) is 14.2 Å². The van der Waals surface area contributed by atoms with Crippen LogP contribution in [0.2, 0.25) is 0 Å². The molecule has 1 aromatic rings. The van der Waals surface area contributed by atoms with Gasteiger partial charge in [0.25, 0.3) is 0 Å². The summed E-state index contributed by atoms with van der Waals surface area (Å²) in [5, 5.41) is 35.5. The number of ketones is 1. The first-order chi connectivity index (χ1) is 18.1. The number of aliphatic hydroxyl groups is 3. The Labute approximate surface area is 270 Å². The van der Waals surface area contributed by atoms with Crippen molar-refractivity contribution in [2.24, 2.45) is 22.7 Å². The molecular formula is C30H38AcO9. The summed E-state index contributed by atoms with van der Waals surface area (Å²) in [5.41, 5.74) is -5.19. The fourth-order valence-corrected chi connectivity index (χ4v) is 7.96. The topological polar surface area (TPSA) is 140 Å². The Bertz CT molecular complexity index is 1240. The SMILES string of the molecule is CC(=O)O[C@@]12CO[C@@H]1C[C@H](C)[C@@]1(C)C(=O)[C@H](O)C3=C(C)[C@@H](O)C[C@@](O)([C@@H](OC(=O)c4ccccc4)C12)C3(C)C.[Ac]. The number of ether oxygens (including phenoxy) is 3. The molecule has 5 rings (SSSR count). The van der Waals surface area contributed by atoms with Gasteiger partial charge in [-0.1, -0.05) is 45.9 Å². The number of hydrogen-bond acceptors (Lipinski definition) is 9. The number of hydrogen-bond donors (Lipinski definition) is 3. The van der Waals surface area contributed by atoms with E-state index in [1.54, 1.807) is 58.0 Å². The van der Waals surface area contributed by atoms with Crippen molar-refractivity contribution in [3.63, 3.8) is 0 Å². The first-order valence-electron chi connectivity index (χ1n) is 13.5.